The van der Waals surface area contributed by atoms with Gasteiger partial charge in [-0.1, -0.05) is 24.3 Å². The second-order valence-electron chi connectivity index (χ2n) is 7.97. The van der Waals surface area contributed by atoms with Crippen molar-refractivity contribution in [1.29, 1.82) is 0 Å². The predicted octanol–water partition coefficient (Wildman–Crippen LogP) is 3.04. The Morgan fingerprint density at radius 2 is 2.04 bits per heavy atom. The molecule has 0 radical (unpaired) electrons. The van der Waals surface area contributed by atoms with E-state index in [1.807, 2.05) is 41.3 Å². The molecule has 26 heavy (non-hydrogen) atoms. The Labute approximate surface area is 153 Å². The van der Waals surface area contributed by atoms with Crippen LogP contribution in [0.1, 0.15) is 36.2 Å². The lowest BCUT2D eigenvalue weighted by Gasteiger charge is -2.52. The van der Waals surface area contributed by atoms with E-state index in [-0.39, 0.29) is 17.6 Å². The number of hydrogen-bond donors (Lipinski definition) is 0. The summed E-state index contributed by atoms with van der Waals surface area (Å²) in [6.45, 7) is 2.91. The van der Waals surface area contributed by atoms with E-state index in [9.17, 15) is 4.79 Å². The van der Waals surface area contributed by atoms with Crippen LogP contribution in [-0.2, 0) is 9.47 Å². The van der Waals surface area contributed by atoms with Crippen LogP contribution in [0.25, 0.3) is 10.9 Å². The smallest absolute Gasteiger partial charge is 0.272 e. The second-order valence-corrected chi connectivity index (χ2v) is 7.97. The number of amides is 1. The van der Waals surface area contributed by atoms with Gasteiger partial charge in [-0.25, -0.2) is 4.98 Å². The molecular weight excluding hydrogens is 328 g/mol. The summed E-state index contributed by atoms with van der Waals surface area (Å²) in [5.41, 5.74) is 1.16. The van der Waals surface area contributed by atoms with Gasteiger partial charge in [0.2, 0.25) is 0 Å². The Morgan fingerprint density at radius 1 is 1.19 bits per heavy atom. The van der Waals surface area contributed by atoms with Crippen molar-refractivity contribution in [1.82, 2.24) is 9.88 Å². The minimum absolute atomic E-state index is 0.00833. The van der Waals surface area contributed by atoms with Crippen LogP contribution in [0.5, 0.6) is 0 Å². The van der Waals surface area contributed by atoms with E-state index in [1.54, 1.807) is 0 Å². The summed E-state index contributed by atoms with van der Waals surface area (Å²) in [5.74, 6) is 0.776. The average Bonchev–Trinajstić information content (AvgIpc) is 3.48. The molecule has 1 aromatic carbocycles. The minimum atomic E-state index is -0.209. The molecule has 0 bridgehead atoms. The summed E-state index contributed by atoms with van der Waals surface area (Å²) in [4.78, 5) is 19.2. The zero-order valence-corrected chi connectivity index (χ0v) is 14.9. The highest BCUT2D eigenvalue weighted by Gasteiger charge is 2.50. The highest BCUT2D eigenvalue weighted by Crippen LogP contribution is 2.37. The van der Waals surface area contributed by atoms with E-state index in [4.69, 9.17) is 9.47 Å². The van der Waals surface area contributed by atoms with Gasteiger partial charge in [0.1, 0.15) is 11.3 Å². The molecule has 3 aliphatic rings. The van der Waals surface area contributed by atoms with Gasteiger partial charge in [-0.15, -0.1) is 0 Å². The second kappa shape index (κ2) is 6.32. The number of fused-ring (bicyclic) bond motifs is 1. The van der Waals surface area contributed by atoms with Crippen LogP contribution < -0.4 is 0 Å². The van der Waals surface area contributed by atoms with Crippen LogP contribution in [0, 0.1) is 5.92 Å². The maximum atomic E-state index is 12.8. The summed E-state index contributed by atoms with van der Waals surface area (Å²) in [6, 6.07) is 11.7. The van der Waals surface area contributed by atoms with Crippen LogP contribution in [0.15, 0.2) is 36.4 Å². The first-order valence-electron chi connectivity index (χ1n) is 9.61. The summed E-state index contributed by atoms with van der Waals surface area (Å²) >= 11 is 0. The Morgan fingerprint density at radius 3 is 2.88 bits per heavy atom. The van der Waals surface area contributed by atoms with Crippen molar-refractivity contribution >= 4 is 16.8 Å². The standard InChI is InChI=1S/C21H24N2O3/c24-20(19-8-7-16-3-1-2-4-18(16)22-19)23-13-21(14-23)11-17(9-10-26-21)25-12-15-5-6-15/h1-4,7-8,15,17H,5-6,9-14H2/t17-/m1/s1. The molecule has 0 N–H and O–H groups in total. The monoisotopic (exact) mass is 352 g/mol. The molecule has 1 saturated carbocycles. The molecule has 1 atom stereocenters. The van der Waals surface area contributed by atoms with Crippen molar-refractivity contribution in [2.24, 2.45) is 5.92 Å². The molecule has 5 rings (SSSR count). The number of carbonyl (C=O) groups is 1. The topological polar surface area (TPSA) is 51.7 Å². The van der Waals surface area contributed by atoms with E-state index in [0.29, 0.717) is 18.8 Å². The van der Waals surface area contributed by atoms with Crippen molar-refractivity contribution in [2.75, 3.05) is 26.3 Å². The first kappa shape index (κ1) is 16.2. The quantitative estimate of drug-likeness (QED) is 0.849. The Balaban J connectivity index is 1.22. The van der Waals surface area contributed by atoms with E-state index >= 15 is 0 Å². The van der Waals surface area contributed by atoms with Crippen LogP contribution in [0.4, 0.5) is 0 Å². The SMILES string of the molecule is O=C(c1ccc2ccccc2n1)N1CC2(C[C@H](OCC3CC3)CCO2)C1. The summed E-state index contributed by atoms with van der Waals surface area (Å²) in [6.07, 6.45) is 4.77. The molecule has 1 aliphatic carbocycles. The Kier molecular flexibility index (Phi) is 3.94. The molecular formula is C21H24N2O3. The lowest BCUT2D eigenvalue weighted by molar-refractivity contribution is -0.186. The number of para-hydroxylation sites is 1. The molecule has 136 valence electrons. The maximum Gasteiger partial charge on any atom is 0.272 e. The third-order valence-electron chi connectivity index (χ3n) is 5.78. The number of nitrogens with zero attached hydrogens (tertiary/aromatic N) is 2. The molecule has 3 heterocycles. The Bertz CT molecular complexity index is 827. The van der Waals surface area contributed by atoms with Crippen LogP contribution in [0.2, 0.25) is 0 Å². The van der Waals surface area contributed by atoms with E-state index in [2.05, 4.69) is 4.98 Å². The highest BCUT2D eigenvalue weighted by molar-refractivity contribution is 5.95. The average molecular weight is 352 g/mol. The van der Waals surface area contributed by atoms with Crippen molar-refractivity contribution in [3.05, 3.63) is 42.1 Å². The third kappa shape index (κ3) is 3.10. The third-order valence-corrected chi connectivity index (χ3v) is 5.78. The van der Waals surface area contributed by atoms with Gasteiger partial charge in [0, 0.05) is 25.0 Å². The first-order chi connectivity index (χ1) is 12.7. The molecule has 1 aromatic heterocycles. The maximum absolute atomic E-state index is 12.8. The zero-order valence-electron chi connectivity index (χ0n) is 14.9. The number of pyridine rings is 1. The number of likely N-dealkylation sites (tertiary alicyclic amines) is 1. The van der Waals surface area contributed by atoms with E-state index in [1.165, 1.54) is 12.8 Å². The van der Waals surface area contributed by atoms with Crippen LogP contribution in [-0.4, -0.2) is 53.8 Å². The van der Waals surface area contributed by atoms with Gasteiger partial charge >= 0.3 is 0 Å². The van der Waals surface area contributed by atoms with Gasteiger partial charge in [0.05, 0.1) is 24.7 Å². The van der Waals surface area contributed by atoms with Gasteiger partial charge < -0.3 is 14.4 Å². The number of benzene rings is 1. The van der Waals surface area contributed by atoms with Gasteiger partial charge in [-0.3, -0.25) is 4.79 Å². The van der Waals surface area contributed by atoms with Crippen molar-refractivity contribution < 1.29 is 14.3 Å². The minimum Gasteiger partial charge on any atom is -0.378 e. The summed E-state index contributed by atoms with van der Waals surface area (Å²) < 4.78 is 12.1. The van der Waals surface area contributed by atoms with E-state index in [0.717, 1.165) is 42.9 Å². The van der Waals surface area contributed by atoms with Crippen molar-refractivity contribution in [3.8, 4) is 0 Å². The van der Waals surface area contributed by atoms with Gasteiger partial charge in [0.15, 0.2) is 0 Å². The van der Waals surface area contributed by atoms with Crippen LogP contribution >= 0.6 is 0 Å². The normalized spacial score (nSPS) is 24.6. The summed E-state index contributed by atoms with van der Waals surface area (Å²) in [5, 5.41) is 1.05. The van der Waals surface area contributed by atoms with Crippen molar-refractivity contribution in [2.45, 2.75) is 37.4 Å². The first-order valence-corrected chi connectivity index (χ1v) is 9.61. The van der Waals surface area contributed by atoms with Crippen LogP contribution in [0.3, 0.4) is 0 Å². The number of aromatic nitrogens is 1. The van der Waals surface area contributed by atoms with Crippen molar-refractivity contribution in [3.63, 3.8) is 0 Å². The molecule has 2 aromatic rings. The summed E-state index contributed by atoms with van der Waals surface area (Å²) in [7, 11) is 0. The highest BCUT2D eigenvalue weighted by atomic mass is 16.5. The number of ether oxygens (including phenoxy) is 2. The largest absolute Gasteiger partial charge is 0.378 e. The molecule has 0 unspecified atom stereocenters. The lowest BCUT2D eigenvalue weighted by atomic mass is 9.84. The number of carbonyl (C=O) groups excluding carboxylic acids is 1. The molecule has 2 saturated heterocycles. The number of rotatable bonds is 4. The Hall–Kier alpha value is -1.98. The fourth-order valence-electron chi connectivity index (χ4n) is 4.04. The van der Waals surface area contributed by atoms with E-state index < -0.39 is 0 Å². The zero-order chi connectivity index (χ0) is 17.6. The predicted molar refractivity (Wildman–Crippen MR) is 98.0 cm³/mol. The number of hydrogen-bond acceptors (Lipinski definition) is 4. The van der Waals surface area contributed by atoms with Gasteiger partial charge in [0.25, 0.3) is 5.91 Å². The fraction of sp³-hybridized carbons (Fsp3) is 0.524. The molecule has 5 heteroatoms. The van der Waals surface area contributed by atoms with Gasteiger partial charge in [-0.05, 0) is 37.3 Å². The molecule has 1 amide bonds. The molecule has 2 aliphatic heterocycles. The lowest BCUT2D eigenvalue weighted by Crippen LogP contribution is -2.67. The molecule has 1 spiro atoms. The molecule has 5 nitrogen and oxygen atoms in total. The fourth-order valence-corrected chi connectivity index (χ4v) is 4.04. The van der Waals surface area contributed by atoms with Gasteiger partial charge in [-0.2, -0.15) is 0 Å². The molecule has 3 fully saturated rings.